The zero-order chi connectivity index (χ0) is 18.8. The molecule has 0 spiro atoms. The largest absolute Gasteiger partial charge is 0.351 e. The van der Waals surface area contributed by atoms with E-state index in [9.17, 15) is 14.9 Å². The average molecular weight is 364 g/mol. The molecular formula is C21H24N4O2. The third kappa shape index (κ3) is 3.82. The van der Waals surface area contributed by atoms with Crippen LogP contribution in [-0.2, 0) is 4.79 Å². The van der Waals surface area contributed by atoms with Gasteiger partial charge >= 0.3 is 0 Å². The number of nitrogens with zero attached hydrogens (tertiary/aromatic N) is 1. The molecule has 2 aliphatic rings. The Kier molecular flexibility index (Phi) is 4.85. The lowest BCUT2D eigenvalue weighted by Crippen LogP contribution is -2.50. The Morgan fingerprint density at radius 2 is 1.93 bits per heavy atom. The number of rotatable bonds is 5. The Balaban J connectivity index is 1.44. The predicted octanol–water partition coefficient (Wildman–Crippen LogP) is 2.87. The number of nitrogens with one attached hydrogen (secondary N) is 3. The van der Waals surface area contributed by atoms with Crippen LogP contribution in [0.3, 0.4) is 0 Å². The van der Waals surface area contributed by atoms with Crippen LogP contribution >= 0.6 is 0 Å². The zero-order valence-electron chi connectivity index (χ0n) is 15.2. The zero-order valence-corrected chi connectivity index (χ0v) is 15.2. The topological polar surface area (TPSA) is 97.8 Å². The maximum Gasteiger partial charge on any atom is 0.267 e. The fourth-order valence-corrected chi connectivity index (χ4v) is 4.00. The first-order chi connectivity index (χ1) is 13.2. The molecule has 6 heteroatoms. The van der Waals surface area contributed by atoms with E-state index in [0.717, 1.165) is 49.4 Å². The quantitative estimate of drug-likeness (QED) is 0.761. The van der Waals surface area contributed by atoms with Gasteiger partial charge in [0.25, 0.3) is 5.91 Å². The Morgan fingerprint density at radius 1 is 1.15 bits per heavy atom. The molecule has 2 fully saturated rings. The van der Waals surface area contributed by atoms with Crippen LogP contribution in [0.1, 0.15) is 49.0 Å². The van der Waals surface area contributed by atoms with Crippen LogP contribution in [0.15, 0.2) is 30.3 Å². The minimum atomic E-state index is -0.399. The number of aromatic amines is 1. The summed E-state index contributed by atoms with van der Waals surface area (Å²) >= 11 is 0. The first-order valence-electron chi connectivity index (χ1n) is 9.74. The van der Waals surface area contributed by atoms with Crippen LogP contribution in [0.2, 0.25) is 0 Å². The second-order valence-corrected chi connectivity index (χ2v) is 7.69. The lowest BCUT2D eigenvalue weighted by molar-refractivity contribution is -0.127. The van der Waals surface area contributed by atoms with Crippen LogP contribution in [0.25, 0.3) is 10.9 Å². The first kappa shape index (κ1) is 17.6. The molecule has 6 nitrogen and oxygen atoms in total. The Morgan fingerprint density at radius 3 is 2.67 bits per heavy atom. The molecule has 0 radical (unpaired) electrons. The summed E-state index contributed by atoms with van der Waals surface area (Å²) in [4.78, 5) is 28.6. The maximum atomic E-state index is 12.7. The Labute approximate surface area is 158 Å². The van der Waals surface area contributed by atoms with Gasteiger partial charge in [-0.15, -0.1) is 0 Å². The van der Waals surface area contributed by atoms with Gasteiger partial charge in [0.15, 0.2) is 0 Å². The van der Waals surface area contributed by atoms with Gasteiger partial charge in [0.1, 0.15) is 11.7 Å². The monoisotopic (exact) mass is 364 g/mol. The highest BCUT2D eigenvalue weighted by Crippen LogP contribution is 2.33. The number of carbonyl (C=O) groups excluding carboxylic acids is 2. The number of benzene rings is 1. The van der Waals surface area contributed by atoms with Crippen molar-refractivity contribution in [1.29, 1.82) is 5.26 Å². The number of fused-ring (bicyclic) bond motifs is 1. The average Bonchev–Trinajstić information content (AvgIpc) is 3.43. The molecule has 3 atom stereocenters. The van der Waals surface area contributed by atoms with Crippen LogP contribution in [0, 0.1) is 23.2 Å². The summed E-state index contributed by atoms with van der Waals surface area (Å²) in [6, 6.07) is 11.2. The standard InChI is InChI=1S/C21H24N4O2/c22-12-19(13-9-10-13)25-20(26)15-6-2-4-8-17(15)24-21(27)18-11-14-5-1-3-7-16(14)23-18/h1,3,5,7,11,13,15,17,19,23H,2,4,6,8-10H2,(H,24,27)(H,25,26). The number of hydrogen-bond acceptors (Lipinski definition) is 3. The van der Waals surface area contributed by atoms with E-state index >= 15 is 0 Å². The minimum Gasteiger partial charge on any atom is -0.351 e. The molecule has 0 saturated heterocycles. The molecule has 0 bridgehead atoms. The predicted molar refractivity (Wildman–Crippen MR) is 102 cm³/mol. The molecule has 1 aromatic carbocycles. The van der Waals surface area contributed by atoms with Crippen LogP contribution in [0.4, 0.5) is 0 Å². The maximum absolute atomic E-state index is 12.7. The number of carbonyl (C=O) groups is 2. The van der Waals surface area contributed by atoms with Gasteiger partial charge < -0.3 is 15.6 Å². The summed E-state index contributed by atoms with van der Waals surface area (Å²) in [5.41, 5.74) is 1.43. The summed E-state index contributed by atoms with van der Waals surface area (Å²) in [5, 5.41) is 16.2. The molecular weight excluding hydrogens is 340 g/mol. The van der Waals surface area contributed by atoms with E-state index in [4.69, 9.17) is 0 Å². The van der Waals surface area contributed by atoms with Crippen molar-refractivity contribution in [2.24, 2.45) is 11.8 Å². The van der Waals surface area contributed by atoms with Crippen molar-refractivity contribution in [2.45, 2.75) is 50.6 Å². The van der Waals surface area contributed by atoms with Gasteiger partial charge in [-0.2, -0.15) is 5.26 Å². The van der Waals surface area contributed by atoms with Crippen molar-refractivity contribution >= 4 is 22.7 Å². The second kappa shape index (κ2) is 7.43. The Hall–Kier alpha value is -2.81. The number of H-pyrrole nitrogens is 1. The number of hydrogen-bond donors (Lipinski definition) is 3. The van der Waals surface area contributed by atoms with Gasteiger partial charge in [-0.05, 0) is 43.7 Å². The van der Waals surface area contributed by atoms with E-state index in [-0.39, 0.29) is 23.8 Å². The number of aromatic nitrogens is 1. The van der Waals surface area contributed by atoms with Gasteiger partial charge in [-0.3, -0.25) is 9.59 Å². The van der Waals surface area contributed by atoms with Gasteiger partial charge in [0, 0.05) is 16.9 Å². The van der Waals surface area contributed by atoms with E-state index in [1.165, 1.54) is 0 Å². The van der Waals surface area contributed by atoms with Crippen LogP contribution < -0.4 is 10.6 Å². The molecule has 1 aromatic heterocycles. The van der Waals surface area contributed by atoms with Crippen molar-refractivity contribution in [2.75, 3.05) is 0 Å². The van der Waals surface area contributed by atoms with Crippen molar-refractivity contribution in [3.63, 3.8) is 0 Å². The molecule has 1 heterocycles. The van der Waals surface area contributed by atoms with Gasteiger partial charge in [-0.25, -0.2) is 0 Å². The summed E-state index contributed by atoms with van der Waals surface area (Å²) in [7, 11) is 0. The highest BCUT2D eigenvalue weighted by molar-refractivity contribution is 5.98. The SMILES string of the molecule is N#CC(NC(=O)C1CCCCC1NC(=O)c1cc2ccccc2[nH]1)C1CC1. The molecule has 2 aromatic rings. The molecule has 3 unspecified atom stereocenters. The molecule has 4 rings (SSSR count). The van der Waals surface area contributed by atoms with E-state index in [0.29, 0.717) is 11.6 Å². The van der Waals surface area contributed by atoms with Gasteiger partial charge in [-0.1, -0.05) is 31.0 Å². The van der Waals surface area contributed by atoms with Crippen LogP contribution in [-0.4, -0.2) is 28.9 Å². The molecule has 2 amide bonds. The fraction of sp³-hybridized carbons (Fsp3) is 0.476. The highest BCUT2D eigenvalue weighted by atomic mass is 16.2. The third-order valence-corrected chi connectivity index (χ3v) is 5.72. The second-order valence-electron chi connectivity index (χ2n) is 7.69. The van der Waals surface area contributed by atoms with Crippen molar-refractivity contribution < 1.29 is 9.59 Å². The Bertz CT molecular complexity index is 860. The fourth-order valence-electron chi connectivity index (χ4n) is 4.00. The van der Waals surface area contributed by atoms with E-state index in [2.05, 4.69) is 21.7 Å². The smallest absolute Gasteiger partial charge is 0.267 e. The van der Waals surface area contributed by atoms with Crippen molar-refractivity contribution in [3.05, 3.63) is 36.0 Å². The number of para-hydroxylation sites is 1. The minimum absolute atomic E-state index is 0.102. The van der Waals surface area contributed by atoms with E-state index < -0.39 is 6.04 Å². The van der Waals surface area contributed by atoms with Crippen molar-refractivity contribution in [1.82, 2.24) is 15.6 Å². The first-order valence-corrected chi connectivity index (χ1v) is 9.74. The molecule has 0 aliphatic heterocycles. The lowest BCUT2D eigenvalue weighted by Gasteiger charge is -2.31. The summed E-state index contributed by atoms with van der Waals surface area (Å²) in [5.74, 6) is -0.270. The summed E-state index contributed by atoms with van der Waals surface area (Å²) < 4.78 is 0. The molecule has 2 saturated carbocycles. The number of amides is 2. The van der Waals surface area contributed by atoms with E-state index in [1.807, 2.05) is 30.3 Å². The number of nitriles is 1. The molecule has 2 aliphatic carbocycles. The van der Waals surface area contributed by atoms with Crippen molar-refractivity contribution in [3.8, 4) is 6.07 Å². The van der Waals surface area contributed by atoms with Gasteiger partial charge in [0.2, 0.25) is 5.91 Å². The van der Waals surface area contributed by atoms with Crippen LogP contribution in [0.5, 0.6) is 0 Å². The summed E-state index contributed by atoms with van der Waals surface area (Å²) in [6.07, 6.45) is 5.49. The lowest BCUT2D eigenvalue weighted by atomic mass is 9.83. The van der Waals surface area contributed by atoms with E-state index in [1.54, 1.807) is 0 Å². The third-order valence-electron chi connectivity index (χ3n) is 5.72. The molecule has 140 valence electrons. The van der Waals surface area contributed by atoms with Gasteiger partial charge in [0.05, 0.1) is 12.0 Å². The normalized spacial score (nSPS) is 23.4. The molecule has 27 heavy (non-hydrogen) atoms. The molecule has 3 N–H and O–H groups in total. The highest BCUT2D eigenvalue weighted by Gasteiger charge is 2.37. The summed E-state index contributed by atoms with van der Waals surface area (Å²) in [6.45, 7) is 0.